The van der Waals surface area contributed by atoms with Crippen molar-refractivity contribution in [3.8, 4) is 0 Å². The SMILES string of the molecule is O=[N+]([O-])c1cccc([Si](O[Si](c2ccccc2)(c2ccccc2)c2cccc([N+](=O)[O-])c2Cc2ccccc2)(c2ccccc2)c2ccccc2)c1Cc1ccccc1. The first-order valence-electron chi connectivity index (χ1n) is 19.5. The Kier molecular flexibility index (Phi) is 11.3. The zero-order valence-electron chi connectivity index (χ0n) is 32.1. The number of rotatable bonds is 14. The molecule has 0 amide bonds. The minimum absolute atomic E-state index is 0.00509. The van der Waals surface area contributed by atoms with E-state index in [1.807, 2.05) is 146 Å². The van der Waals surface area contributed by atoms with E-state index in [0.29, 0.717) is 11.1 Å². The first-order chi connectivity index (χ1) is 28.9. The van der Waals surface area contributed by atoms with E-state index in [4.69, 9.17) is 4.12 Å². The molecule has 59 heavy (non-hydrogen) atoms. The van der Waals surface area contributed by atoms with Crippen molar-refractivity contribution in [1.82, 2.24) is 0 Å². The Morgan fingerprint density at radius 1 is 0.356 bits per heavy atom. The molecule has 0 unspecified atom stereocenters. The summed E-state index contributed by atoms with van der Waals surface area (Å²) in [5.74, 6) is 0. The van der Waals surface area contributed by atoms with E-state index in [1.165, 1.54) is 0 Å². The molecule has 0 aliphatic rings. The van der Waals surface area contributed by atoms with E-state index in [9.17, 15) is 20.2 Å². The van der Waals surface area contributed by atoms with Crippen molar-refractivity contribution >= 4 is 59.1 Å². The minimum atomic E-state index is -3.96. The van der Waals surface area contributed by atoms with Crippen LogP contribution >= 0.6 is 0 Å². The number of nitro benzene ring substituents is 2. The zero-order chi connectivity index (χ0) is 40.7. The highest BCUT2D eigenvalue weighted by Crippen LogP contribution is 2.29. The normalized spacial score (nSPS) is 11.5. The summed E-state index contributed by atoms with van der Waals surface area (Å²) in [5.41, 5.74) is 2.98. The van der Waals surface area contributed by atoms with Crippen LogP contribution in [0.4, 0.5) is 11.4 Å². The third kappa shape index (κ3) is 7.58. The Morgan fingerprint density at radius 2 is 0.627 bits per heavy atom. The van der Waals surface area contributed by atoms with Gasteiger partial charge in [-0.2, -0.15) is 0 Å². The van der Waals surface area contributed by atoms with Gasteiger partial charge in [0.1, 0.15) is 0 Å². The highest BCUT2D eigenvalue weighted by Gasteiger charge is 2.55. The molecule has 8 aromatic carbocycles. The van der Waals surface area contributed by atoms with Crippen LogP contribution in [-0.4, -0.2) is 26.5 Å². The van der Waals surface area contributed by atoms with Crippen LogP contribution in [0.2, 0.25) is 0 Å². The molecular formula is C50H40N2O5Si2. The summed E-state index contributed by atoms with van der Waals surface area (Å²) in [6.45, 7) is 0. The summed E-state index contributed by atoms with van der Waals surface area (Å²) in [4.78, 5) is 25.7. The summed E-state index contributed by atoms with van der Waals surface area (Å²) < 4.78 is 8.60. The van der Waals surface area contributed by atoms with Gasteiger partial charge in [0.25, 0.3) is 28.0 Å². The molecule has 8 rings (SSSR count). The van der Waals surface area contributed by atoms with Crippen molar-refractivity contribution in [1.29, 1.82) is 0 Å². The molecule has 8 aromatic rings. The van der Waals surface area contributed by atoms with Crippen LogP contribution in [0, 0.1) is 20.2 Å². The van der Waals surface area contributed by atoms with Crippen molar-refractivity contribution in [2.24, 2.45) is 0 Å². The lowest BCUT2D eigenvalue weighted by molar-refractivity contribution is -0.385. The van der Waals surface area contributed by atoms with Gasteiger partial charge >= 0.3 is 0 Å². The molecule has 0 heterocycles. The van der Waals surface area contributed by atoms with E-state index in [1.54, 1.807) is 24.3 Å². The maximum absolute atomic E-state index is 13.2. The van der Waals surface area contributed by atoms with Crippen LogP contribution in [0.15, 0.2) is 218 Å². The monoisotopic (exact) mass is 804 g/mol. The molecule has 7 nitrogen and oxygen atoms in total. The smallest absolute Gasteiger partial charge is 0.279 e. The molecule has 0 saturated carbocycles. The van der Waals surface area contributed by atoms with Gasteiger partial charge in [0.05, 0.1) is 9.85 Å². The zero-order valence-corrected chi connectivity index (χ0v) is 34.1. The van der Waals surface area contributed by atoms with Crippen molar-refractivity contribution in [2.45, 2.75) is 12.8 Å². The first-order valence-corrected chi connectivity index (χ1v) is 23.3. The molecule has 0 bridgehead atoms. The summed E-state index contributed by atoms with van der Waals surface area (Å²) >= 11 is 0. The van der Waals surface area contributed by atoms with Gasteiger partial charge in [-0.15, -0.1) is 0 Å². The Bertz CT molecular complexity index is 2420. The summed E-state index contributed by atoms with van der Waals surface area (Å²) in [7, 11) is -7.91. The lowest BCUT2D eigenvalue weighted by atomic mass is 10.0. The molecular weight excluding hydrogens is 765 g/mol. The van der Waals surface area contributed by atoms with Crippen LogP contribution in [0.3, 0.4) is 0 Å². The van der Waals surface area contributed by atoms with Crippen LogP contribution in [0.5, 0.6) is 0 Å². The quantitative estimate of drug-likeness (QED) is 0.0497. The molecule has 0 atom stereocenters. The number of hydrogen-bond acceptors (Lipinski definition) is 5. The predicted molar refractivity (Wildman–Crippen MR) is 241 cm³/mol. The third-order valence-corrected chi connectivity index (χ3v) is 20.4. The molecule has 0 spiro atoms. The van der Waals surface area contributed by atoms with Crippen molar-refractivity contribution in [3.63, 3.8) is 0 Å². The van der Waals surface area contributed by atoms with E-state index in [0.717, 1.165) is 42.2 Å². The second kappa shape index (κ2) is 17.2. The topological polar surface area (TPSA) is 95.5 Å². The maximum atomic E-state index is 13.2. The van der Waals surface area contributed by atoms with Gasteiger partial charge < -0.3 is 4.12 Å². The van der Waals surface area contributed by atoms with Crippen molar-refractivity contribution in [3.05, 3.63) is 261 Å². The minimum Gasteiger partial charge on any atom is -0.435 e. The van der Waals surface area contributed by atoms with Crippen LogP contribution in [0.25, 0.3) is 0 Å². The van der Waals surface area contributed by atoms with Gasteiger partial charge in [0.15, 0.2) is 0 Å². The fourth-order valence-corrected chi connectivity index (χ4v) is 19.4. The third-order valence-electron chi connectivity index (χ3n) is 10.9. The summed E-state index contributed by atoms with van der Waals surface area (Å²) in [5, 5.41) is 31.4. The fraction of sp³-hybridized carbons (Fsp3) is 0.0400. The molecule has 0 fully saturated rings. The highest BCUT2D eigenvalue weighted by atomic mass is 28.4. The van der Waals surface area contributed by atoms with Gasteiger partial charge in [0, 0.05) is 36.1 Å². The predicted octanol–water partition coefficient (Wildman–Crippen LogP) is 7.34. The highest BCUT2D eigenvalue weighted by molar-refractivity contribution is 7.18. The Labute approximate surface area is 345 Å². The van der Waals surface area contributed by atoms with E-state index >= 15 is 0 Å². The standard InChI is InChI=1S/C50H40N2O5Si2/c53-51(54)47-33-19-35-49(45(47)37-39-21-7-1-8-22-39)58(41-25-11-3-12-26-41,42-27-13-4-14-28-42)57-59(43-29-15-5-16-30-43,44-31-17-6-18-32-44)50-36-20-34-48(52(55)56)46(50)38-40-23-9-2-10-24-40/h1-36H,37-38H2. The van der Waals surface area contributed by atoms with Gasteiger partial charge in [-0.25, -0.2) is 0 Å². The number of benzene rings is 8. The molecule has 0 N–H and O–H groups in total. The molecule has 0 aliphatic carbocycles. The average molecular weight is 805 g/mol. The summed E-state index contributed by atoms with van der Waals surface area (Å²) in [6.07, 6.45) is 0.568. The number of nitrogens with zero attached hydrogens (tertiary/aromatic N) is 2. The average Bonchev–Trinajstić information content (AvgIpc) is 3.29. The Balaban J connectivity index is 1.57. The second-order valence-electron chi connectivity index (χ2n) is 14.4. The molecule has 288 valence electrons. The van der Waals surface area contributed by atoms with Crippen molar-refractivity contribution in [2.75, 3.05) is 0 Å². The van der Waals surface area contributed by atoms with Gasteiger partial charge in [-0.05, 0) is 42.2 Å². The molecule has 9 heteroatoms. The van der Waals surface area contributed by atoms with Crippen molar-refractivity contribution < 1.29 is 14.0 Å². The molecule has 0 aromatic heterocycles. The van der Waals surface area contributed by atoms with Crippen LogP contribution in [0.1, 0.15) is 22.3 Å². The summed E-state index contributed by atoms with van der Waals surface area (Å²) in [6, 6.07) is 70.6. The lowest BCUT2D eigenvalue weighted by Gasteiger charge is -2.45. The number of hydrogen-bond donors (Lipinski definition) is 0. The maximum Gasteiger partial charge on any atom is 0.279 e. The van der Waals surface area contributed by atoms with E-state index in [2.05, 4.69) is 48.5 Å². The van der Waals surface area contributed by atoms with E-state index in [-0.39, 0.29) is 34.1 Å². The van der Waals surface area contributed by atoms with Gasteiger partial charge in [-0.3, -0.25) is 20.2 Å². The fourth-order valence-electron chi connectivity index (χ4n) is 8.34. The Hall–Kier alpha value is -7.05. The first kappa shape index (κ1) is 38.8. The van der Waals surface area contributed by atoms with E-state index < -0.39 is 16.6 Å². The number of nitro groups is 2. The lowest BCUT2D eigenvalue weighted by Crippen LogP contribution is -2.81. The molecule has 0 aliphatic heterocycles. The Morgan fingerprint density at radius 3 is 0.898 bits per heavy atom. The second-order valence-corrected chi connectivity index (χ2v) is 21.3. The van der Waals surface area contributed by atoms with Gasteiger partial charge in [0.2, 0.25) is 0 Å². The molecule has 0 saturated heterocycles. The largest absolute Gasteiger partial charge is 0.435 e. The van der Waals surface area contributed by atoms with Crippen LogP contribution < -0.4 is 31.1 Å². The molecule has 0 radical (unpaired) electrons. The van der Waals surface area contributed by atoms with Gasteiger partial charge in [-0.1, -0.05) is 206 Å². The van der Waals surface area contributed by atoms with Crippen LogP contribution in [-0.2, 0) is 17.0 Å².